The third-order valence-electron chi connectivity index (χ3n) is 11.9. The molecule has 1 N–H and O–H groups in total. The van der Waals surface area contributed by atoms with Gasteiger partial charge in [-0.05, 0) is 103 Å². The lowest BCUT2D eigenvalue weighted by molar-refractivity contribution is 0.00994. The molecule has 0 aromatic heterocycles. The Kier molecular flexibility index (Phi) is 17.1. The number of aliphatic hydroxyl groups excluding tert-OH is 1. The quantitative estimate of drug-likeness (QED) is 0.101. The lowest BCUT2D eigenvalue weighted by Gasteiger charge is -2.51. The molecule has 2 aromatic carbocycles. The van der Waals surface area contributed by atoms with Gasteiger partial charge in [0.1, 0.15) is 12.4 Å². The molecule has 2 aromatic rings. The van der Waals surface area contributed by atoms with Crippen molar-refractivity contribution >= 4 is 40.2 Å². The van der Waals surface area contributed by atoms with Gasteiger partial charge in [0, 0.05) is 17.9 Å². The van der Waals surface area contributed by atoms with Crippen LogP contribution in [0.3, 0.4) is 0 Å². The first-order chi connectivity index (χ1) is 23.5. The Morgan fingerprint density at radius 1 is 0.860 bits per heavy atom. The number of hydrogen-bond acceptors (Lipinski definition) is 6. The summed E-state index contributed by atoms with van der Waals surface area (Å²) in [5.74, 6) is 3.29. The average Bonchev–Trinajstić information content (AvgIpc) is 3.10. The van der Waals surface area contributed by atoms with Crippen molar-refractivity contribution in [3.63, 3.8) is 0 Å². The highest BCUT2D eigenvalue weighted by Crippen LogP contribution is 2.57. The second kappa shape index (κ2) is 19.5. The predicted molar refractivity (Wildman–Crippen MR) is 226 cm³/mol. The Bertz CT molecular complexity index is 1250. The van der Waals surface area contributed by atoms with Crippen LogP contribution in [0, 0.1) is 11.3 Å². The first-order valence-electron chi connectivity index (χ1n) is 19.6. The van der Waals surface area contributed by atoms with E-state index in [4.69, 9.17) is 13.6 Å². The van der Waals surface area contributed by atoms with Crippen LogP contribution >= 0.6 is 23.5 Å². The Balaban J connectivity index is 1.71. The van der Waals surface area contributed by atoms with Crippen LogP contribution in [0.1, 0.15) is 106 Å². The minimum Gasteiger partial charge on any atom is -0.489 e. The molecule has 0 spiro atoms. The summed E-state index contributed by atoms with van der Waals surface area (Å²) in [6.07, 6.45) is 5.82. The van der Waals surface area contributed by atoms with Crippen LogP contribution in [0.15, 0.2) is 54.6 Å². The van der Waals surface area contributed by atoms with E-state index in [1.165, 1.54) is 17.5 Å². The van der Waals surface area contributed by atoms with Crippen LogP contribution in [0.4, 0.5) is 0 Å². The van der Waals surface area contributed by atoms with Crippen molar-refractivity contribution in [2.75, 3.05) is 18.1 Å². The number of thioether (sulfide) groups is 2. The Morgan fingerprint density at radius 3 is 2.08 bits per heavy atom. The molecule has 1 fully saturated rings. The van der Waals surface area contributed by atoms with Crippen LogP contribution in [-0.2, 0) is 21.9 Å². The SMILES string of the molecule is CC[Si](CC)(CC)O[C@H](CCCCc1cccc(OCc2ccccc2)c1)[C@@H](C)[C@@H](O)CC1(C(C)(C)CO[Si](C)(C)C(C)(C)C)SCCCS1. The Labute approximate surface area is 318 Å². The van der Waals surface area contributed by atoms with Gasteiger partial charge in [-0.2, -0.15) is 0 Å². The molecule has 3 rings (SSSR count). The Hall–Kier alpha value is -0.746. The summed E-state index contributed by atoms with van der Waals surface area (Å²) in [7, 11) is -3.77. The largest absolute Gasteiger partial charge is 0.489 e. The van der Waals surface area contributed by atoms with Crippen molar-refractivity contribution < 1.29 is 18.7 Å². The number of aliphatic hydroxyl groups is 1. The molecule has 1 aliphatic heterocycles. The maximum absolute atomic E-state index is 12.2. The van der Waals surface area contributed by atoms with Crippen LogP contribution in [0.25, 0.3) is 0 Å². The molecule has 1 saturated heterocycles. The maximum Gasteiger partial charge on any atom is 0.192 e. The first kappa shape index (κ1) is 43.7. The zero-order valence-corrected chi connectivity index (χ0v) is 37.2. The van der Waals surface area contributed by atoms with Gasteiger partial charge in [0.05, 0.1) is 16.3 Å². The zero-order valence-electron chi connectivity index (χ0n) is 33.6. The van der Waals surface area contributed by atoms with Gasteiger partial charge in [0.15, 0.2) is 16.6 Å². The molecule has 0 saturated carbocycles. The predicted octanol–water partition coefficient (Wildman–Crippen LogP) is 12.4. The summed E-state index contributed by atoms with van der Waals surface area (Å²) in [5, 5.41) is 12.4. The fourth-order valence-electron chi connectivity index (χ4n) is 6.71. The fourth-order valence-corrected chi connectivity index (χ4v) is 14.6. The lowest BCUT2D eigenvalue weighted by atomic mass is 9.82. The summed E-state index contributed by atoms with van der Waals surface area (Å²) < 4.78 is 20.2. The van der Waals surface area contributed by atoms with E-state index in [1.54, 1.807) is 0 Å². The maximum atomic E-state index is 12.2. The van der Waals surface area contributed by atoms with Gasteiger partial charge >= 0.3 is 0 Å². The molecular formula is C42H72O4S2Si2. The van der Waals surface area contributed by atoms with Crippen LogP contribution < -0.4 is 4.74 Å². The van der Waals surface area contributed by atoms with Gasteiger partial charge in [-0.15, -0.1) is 23.5 Å². The fraction of sp³-hybridized carbons (Fsp3) is 0.714. The summed E-state index contributed by atoms with van der Waals surface area (Å²) >= 11 is 4.16. The van der Waals surface area contributed by atoms with E-state index in [0.717, 1.165) is 74.1 Å². The zero-order chi connectivity index (χ0) is 37.1. The summed E-state index contributed by atoms with van der Waals surface area (Å²) in [5.41, 5.74) is 2.42. The summed E-state index contributed by atoms with van der Waals surface area (Å²) in [6.45, 7) is 27.0. The molecule has 0 amide bonds. The van der Waals surface area contributed by atoms with Gasteiger partial charge < -0.3 is 18.7 Å². The molecule has 1 heterocycles. The molecule has 0 unspecified atom stereocenters. The molecule has 3 atom stereocenters. The van der Waals surface area contributed by atoms with Gasteiger partial charge in [0.2, 0.25) is 0 Å². The van der Waals surface area contributed by atoms with E-state index in [1.807, 2.05) is 6.07 Å². The highest BCUT2D eigenvalue weighted by atomic mass is 32.2. The van der Waals surface area contributed by atoms with Crippen molar-refractivity contribution in [1.29, 1.82) is 0 Å². The summed E-state index contributed by atoms with van der Waals surface area (Å²) in [6, 6.07) is 22.3. The highest BCUT2D eigenvalue weighted by molar-refractivity contribution is 8.18. The van der Waals surface area contributed by atoms with Crippen molar-refractivity contribution in [2.24, 2.45) is 11.3 Å². The minimum atomic E-state index is -1.90. The standard InChI is InChI=1S/C42H72O4S2Si2/c1-12-50(13-2,14-3)46-39(27-19-18-22-35-25-20-26-37(30-35)44-32-36-23-16-15-17-24-36)34(4)38(43)31-42(47-28-21-29-48-42)41(8,9)33-45-49(10,11)40(5,6)7/h15-17,20,23-26,30,34,38-39,43H,12-14,18-19,21-22,27-29,31-33H2,1-11H3/t34-,38-,39+/m0/s1. The second-order valence-corrected chi connectivity index (χ2v) is 29.5. The topological polar surface area (TPSA) is 47.9 Å². The van der Waals surface area contributed by atoms with Gasteiger partial charge in [-0.3, -0.25) is 0 Å². The van der Waals surface area contributed by atoms with Crippen LogP contribution in [0.5, 0.6) is 5.75 Å². The van der Waals surface area contributed by atoms with Crippen molar-refractivity contribution in [3.05, 3.63) is 65.7 Å². The number of ether oxygens (including phenoxy) is 1. The first-order valence-corrected chi connectivity index (χ1v) is 27.0. The van der Waals surface area contributed by atoms with Crippen LogP contribution in [0.2, 0.25) is 36.3 Å². The van der Waals surface area contributed by atoms with E-state index in [2.05, 4.69) is 147 Å². The average molecular weight is 761 g/mol. The number of unbranched alkanes of at least 4 members (excludes halogenated alkanes) is 1. The van der Waals surface area contributed by atoms with Crippen molar-refractivity contribution in [2.45, 2.75) is 160 Å². The molecule has 284 valence electrons. The molecule has 0 aliphatic carbocycles. The molecular weight excluding hydrogens is 689 g/mol. The number of rotatable bonds is 21. The number of hydrogen-bond donors (Lipinski definition) is 1. The van der Waals surface area contributed by atoms with Gasteiger partial charge in [-0.1, -0.05) is 111 Å². The monoisotopic (exact) mass is 760 g/mol. The molecule has 50 heavy (non-hydrogen) atoms. The van der Waals surface area contributed by atoms with Crippen molar-refractivity contribution in [3.8, 4) is 5.75 Å². The summed E-state index contributed by atoms with van der Waals surface area (Å²) in [4.78, 5) is 0. The third kappa shape index (κ3) is 12.1. The minimum absolute atomic E-state index is 0.0679. The molecule has 0 radical (unpaired) electrons. The van der Waals surface area contributed by atoms with E-state index in [0.29, 0.717) is 6.61 Å². The molecule has 0 bridgehead atoms. The molecule has 8 heteroatoms. The number of benzene rings is 2. The van der Waals surface area contributed by atoms with E-state index >= 15 is 0 Å². The lowest BCUT2D eigenvalue weighted by Crippen LogP contribution is -2.51. The van der Waals surface area contributed by atoms with Gasteiger partial charge in [0.25, 0.3) is 0 Å². The second-order valence-electron chi connectivity index (χ2n) is 16.9. The van der Waals surface area contributed by atoms with Crippen molar-refractivity contribution in [1.82, 2.24) is 0 Å². The molecule has 1 aliphatic rings. The van der Waals surface area contributed by atoms with E-state index in [9.17, 15) is 5.11 Å². The normalized spacial score (nSPS) is 17.7. The number of aryl methyl sites for hydroxylation is 1. The van der Waals surface area contributed by atoms with E-state index < -0.39 is 22.7 Å². The van der Waals surface area contributed by atoms with Crippen LogP contribution in [-0.4, -0.2) is 56.1 Å². The van der Waals surface area contributed by atoms with E-state index in [-0.39, 0.29) is 26.6 Å². The third-order valence-corrected chi connectivity index (χ3v) is 25.2. The Morgan fingerprint density at radius 2 is 1.48 bits per heavy atom. The van der Waals surface area contributed by atoms with Gasteiger partial charge in [-0.25, -0.2) is 0 Å². The molecule has 4 nitrogen and oxygen atoms in total. The highest BCUT2D eigenvalue weighted by Gasteiger charge is 2.51. The smallest absolute Gasteiger partial charge is 0.192 e.